The molecule has 0 N–H and O–H groups in total. The van der Waals surface area contributed by atoms with E-state index < -0.39 is 8.07 Å². The number of fused-ring (bicyclic) bond motifs is 2. The van der Waals surface area contributed by atoms with E-state index in [1.807, 2.05) is 6.08 Å². The predicted molar refractivity (Wildman–Crippen MR) is 143 cm³/mol. The van der Waals surface area contributed by atoms with Crippen molar-refractivity contribution >= 4 is 40.3 Å². The van der Waals surface area contributed by atoms with Gasteiger partial charge in [0.25, 0.3) is 0 Å². The molecule has 0 radical (unpaired) electrons. The number of allylic oxidation sites excluding steroid dienone is 2. The van der Waals surface area contributed by atoms with Gasteiger partial charge in [-0.05, 0) is 57.9 Å². The lowest BCUT2D eigenvalue weighted by molar-refractivity contribution is 0.653. The molecule has 6 rings (SSSR count). The van der Waals surface area contributed by atoms with E-state index in [1.165, 1.54) is 37.9 Å². The van der Waals surface area contributed by atoms with Crippen molar-refractivity contribution in [3.05, 3.63) is 103 Å². The van der Waals surface area contributed by atoms with Crippen LogP contribution >= 0.6 is 0 Å². The zero-order chi connectivity index (χ0) is 22.4. The summed E-state index contributed by atoms with van der Waals surface area (Å²) in [5, 5.41) is 5.67. The molecule has 1 aliphatic carbocycles. The van der Waals surface area contributed by atoms with E-state index in [-0.39, 0.29) is 6.04 Å². The Kier molecular flexibility index (Phi) is 4.64. The van der Waals surface area contributed by atoms with Crippen LogP contribution in [-0.2, 0) is 0 Å². The number of rotatable bonds is 4. The molecule has 160 valence electrons. The molecule has 0 bridgehead atoms. The predicted octanol–water partition coefficient (Wildman–Crippen LogP) is 5.91. The molecular weight excluding hydrogens is 416 g/mol. The molecular formula is C30H26N2Si. The van der Waals surface area contributed by atoms with Crippen molar-refractivity contribution < 1.29 is 0 Å². The summed E-state index contributed by atoms with van der Waals surface area (Å²) in [7, 11) is -2.05. The Morgan fingerprint density at radius 1 is 0.758 bits per heavy atom. The largest absolute Gasteiger partial charge is 0.333 e. The fraction of sp³-hybridized carbons (Fsp3) is 0.133. The number of aromatic nitrogens is 2. The van der Waals surface area contributed by atoms with Crippen molar-refractivity contribution in [3.8, 4) is 17.5 Å². The zero-order valence-corrected chi connectivity index (χ0v) is 20.0. The SMILES string of the molecule is C[Si](C)(c1cn(-c2ccccc2)c2ccccc12)c1cn(C2C#CC=CC2)c2ccccc12. The van der Waals surface area contributed by atoms with E-state index >= 15 is 0 Å². The van der Waals surface area contributed by atoms with Gasteiger partial charge in [-0.15, -0.1) is 0 Å². The Labute approximate surface area is 195 Å². The molecule has 2 nitrogen and oxygen atoms in total. The summed E-state index contributed by atoms with van der Waals surface area (Å²) in [6.45, 7) is 4.98. The van der Waals surface area contributed by atoms with Crippen LogP contribution < -0.4 is 10.4 Å². The molecule has 5 aromatic rings. The number of hydrogen-bond donors (Lipinski definition) is 0. The van der Waals surface area contributed by atoms with Gasteiger partial charge in [0, 0.05) is 23.6 Å². The lowest BCUT2D eigenvalue weighted by atomic mass is 10.1. The minimum atomic E-state index is -2.05. The highest BCUT2D eigenvalue weighted by Crippen LogP contribution is 2.27. The van der Waals surface area contributed by atoms with Crippen molar-refractivity contribution in [3.63, 3.8) is 0 Å². The maximum absolute atomic E-state index is 3.42. The Bertz CT molecular complexity index is 1570. The maximum atomic E-state index is 3.42. The second-order valence-electron chi connectivity index (χ2n) is 9.30. The highest BCUT2D eigenvalue weighted by Gasteiger charge is 2.33. The minimum Gasteiger partial charge on any atom is -0.333 e. The fourth-order valence-electron chi connectivity index (χ4n) is 5.23. The molecule has 2 heterocycles. The number of nitrogens with zero attached hydrogens (tertiary/aromatic N) is 2. The van der Waals surface area contributed by atoms with Gasteiger partial charge in [-0.1, -0.05) is 85.6 Å². The van der Waals surface area contributed by atoms with E-state index in [4.69, 9.17) is 0 Å². The first-order chi connectivity index (χ1) is 16.1. The molecule has 1 aliphatic rings. The summed E-state index contributed by atoms with van der Waals surface area (Å²) in [6, 6.07) is 28.5. The van der Waals surface area contributed by atoms with Crippen LogP contribution in [0.3, 0.4) is 0 Å². The second-order valence-corrected chi connectivity index (χ2v) is 13.6. The van der Waals surface area contributed by atoms with E-state index in [1.54, 1.807) is 0 Å². The van der Waals surface area contributed by atoms with E-state index in [9.17, 15) is 0 Å². The summed E-state index contributed by atoms with van der Waals surface area (Å²) >= 11 is 0. The Hall–Kier alpha value is -3.74. The average molecular weight is 443 g/mol. The molecule has 0 aliphatic heterocycles. The lowest BCUT2D eigenvalue weighted by Crippen LogP contribution is -2.52. The lowest BCUT2D eigenvalue weighted by Gasteiger charge is -2.22. The van der Waals surface area contributed by atoms with Gasteiger partial charge in [0.15, 0.2) is 0 Å². The third-order valence-electron chi connectivity index (χ3n) is 6.98. The number of benzene rings is 3. The molecule has 1 unspecified atom stereocenters. The number of hydrogen-bond acceptors (Lipinski definition) is 0. The van der Waals surface area contributed by atoms with Crippen LogP contribution in [0.1, 0.15) is 12.5 Å². The van der Waals surface area contributed by atoms with E-state index in [0.29, 0.717) is 0 Å². The standard InChI is InChI=1S/C30H26N2Si/c1-33(2,29-21-31(23-13-5-3-6-14-23)27-19-11-9-17-25(27)29)30-22-32(24-15-7-4-8-16-24)28-20-12-10-18-26(28)30/h3-7,9-14,17-22,24H,15H2,1-2H3. The summed E-state index contributed by atoms with van der Waals surface area (Å²) < 4.78 is 4.77. The van der Waals surface area contributed by atoms with Gasteiger partial charge >= 0.3 is 0 Å². The van der Waals surface area contributed by atoms with Crippen LogP contribution in [0.15, 0.2) is 103 Å². The molecule has 1 atom stereocenters. The molecule has 3 aromatic carbocycles. The molecule has 0 amide bonds. The van der Waals surface area contributed by atoms with Gasteiger partial charge in [-0.2, -0.15) is 0 Å². The van der Waals surface area contributed by atoms with Crippen LogP contribution in [0.5, 0.6) is 0 Å². The van der Waals surface area contributed by atoms with Gasteiger partial charge in [0.05, 0.1) is 11.6 Å². The second kappa shape index (κ2) is 7.69. The van der Waals surface area contributed by atoms with Crippen molar-refractivity contribution in [2.24, 2.45) is 0 Å². The average Bonchev–Trinajstić information content (AvgIpc) is 3.46. The van der Waals surface area contributed by atoms with Crippen molar-refractivity contribution in [2.45, 2.75) is 25.6 Å². The Balaban J connectivity index is 1.58. The van der Waals surface area contributed by atoms with Crippen LogP contribution in [-0.4, -0.2) is 17.2 Å². The van der Waals surface area contributed by atoms with E-state index in [2.05, 4.69) is 131 Å². The normalized spacial score (nSPS) is 15.6. The van der Waals surface area contributed by atoms with Crippen LogP contribution in [0.25, 0.3) is 27.5 Å². The maximum Gasteiger partial charge on any atom is 0.117 e. The Morgan fingerprint density at radius 3 is 2.12 bits per heavy atom. The van der Waals surface area contributed by atoms with Gasteiger partial charge in [-0.25, -0.2) is 0 Å². The van der Waals surface area contributed by atoms with Crippen molar-refractivity contribution in [2.75, 3.05) is 0 Å². The topological polar surface area (TPSA) is 9.86 Å². The molecule has 2 aromatic heterocycles. The van der Waals surface area contributed by atoms with Crippen molar-refractivity contribution in [1.82, 2.24) is 9.13 Å². The third kappa shape index (κ3) is 3.18. The highest BCUT2D eigenvalue weighted by atomic mass is 28.3. The third-order valence-corrected chi connectivity index (χ3v) is 10.5. The monoisotopic (exact) mass is 442 g/mol. The van der Waals surface area contributed by atoms with Crippen molar-refractivity contribution in [1.29, 1.82) is 0 Å². The van der Waals surface area contributed by atoms with Crippen LogP contribution in [0.2, 0.25) is 13.1 Å². The van der Waals surface area contributed by atoms with Gasteiger partial charge < -0.3 is 9.13 Å². The molecule has 3 heteroatoms. The molecule has 0 fully saturated rings. The number of para-hydroxylation sites is 3. The van der Waals surface area contributed by atoms with E-state index in [0.717, 1.165) is 6.42 Å². The van der Waals surface area contributed by atoms with Crippen LogP contribution in [0.4, 0.5) is 0 Å². The first-order valence-corrected chi connectivity index (χ1v) is 14.6. The summed E-state index contributed by atoms with van der Waals surface area (Å²) in [4.78, 5) is 0. The molecule has 33 heavy (non-hydrogen) atoms. The summed E-state index contributed by atoms with van der Waals surface area (Å²) in [5.41, 5.74) is 3.76. The summed E-state index contributed by atoms with van der Waals surface area (Å²) in [6.07, 6.45) is 9.91. The first kappa shape index (κ1) is 19.9. The van der Waals surface area contributed by atoms with Crippen LogP contribution in [0, 0.1) is 11.8 Å². The Morgan fingerprint density at radius 2 is 1.39 bits per heavy atom. The quantitative estimate of drug-likeness (QED) is 0.242. The minimum absolute atomic E-state index is 0.198. The smallest absolute Gasteiger partial charge is 0.117 e. The highest BCUT2D eigenvalue weighted by molar-refractivity contribution is 7.03. The first-order valence-electron chi connectivity index (χ1n) is 11.6. The van der Waals surface area contributed by atoms with Gasteiger partial charge in [0.2, 0.25) is 0 Å². The summed E-state index contributed by atoms with van der Waals surface area (Å²) in [5.74, 6) is 6.60. The fourth-order valence-corrected chi connectivity index (χ4v) is 8.20. The van der Waals surface area contributed by atoms with Gasteiger partial charge in [-0.3, -0.25) is 0 Å². The zero-order valence-electron chi connectivity index (χ0n) is 19.0. The van der Waals surface area contributed by atoms with Gasteiger partial charge in [0.1, 0.15) is 8.07 Å². The molecule has 0 saturated carbocycles. The molecule has 0 spiro atoms. The molecule has 0 saturated heterocycles.